The molecule has 1 rings (SSSR count). The Hall–Kier alpha value is -1.61. The predicted octanol–water partition coefficient (Wildman–Crippen LogP) is 2.84. The maximum absolute atomic E-state index is 10.8. The highest BCUT2D eigenvalue weighted by Crippen LogP contribution is 2.16. The normalized spacial score (nSPS) is 11.0. The molecular formula is C13H16NO2. The van der Waals surface area contributed by atoms with Gasteiger partial charge >= 0.3 is 0 Å². The van der Waals surface area contributed by atoms with Crippen LogP contribution >= 0.6 is 0 Å². The molecule has 0 N–H and O–H groups in total. The van der Waals surface area contributed by atoms with Crippen LogP contribution < -0.4 is 5.06 Å². The molecule has 1 amide bonds. The summed E-state index contributed by atoms with van der Waals surface area (Å²) < 4.78 is 0. The molecule has 3 nitrogen and oxygen atoms in total. The molecule has 3 heteroatoms. The molecule has 0 heterocycles. The molecular weight excluding hydrogens is 202 g/mol. The largest absolute Gasteiger partial charge is 0.276 e. The van der Waals surface area contributed by atoms with E-state index < -0.39 is 0 Å². The highest BCUT2D eigenvalue weighted by atomic mass is 16.7. The predicted molar refractivity (Wildman–Crippen MR) is 65.6 cm³/mol. The second-order valence-electron chi connectivity index (χ2n) is 3.58. The Labute approximate surface area is 96.3 Å². The summed E-state index contributed by atoms with van der Waals surface area (Å²) in [7, 11) is 0. The lowest BCUT2D eigenvalue weighted by molar-refractivity contribution is -0.115. The van der Waals surface area contributed by atoms with E-state index in [2.05, 4.69) is 6.92 Å². The monoisotopic (exact) mass is 218 g/mol. The third kappa shape index (κ3) is 3.51. The van der Waals surface area contributed by atoms with Gasteiger partial charge in [0.25, 0.3) is 0 Å². The van der Waals surface area contributed by atoms with Crippen LogP contribution in [0.1, 0.15) is 19.4 Å². The Morgan fingerprint density at radius 1 is 1.31 bits per heavy atom. The summed E-state index contributed by atoms with van der Waals surface area (Å²) in [6.07, 6.45) is 4.23. The zero-order valence-electron chi connectivity index (χ0n) is 9.59. The Morgan fingerprint density at radius 2 is 1.94 bits per heavy atom. The van der Waals surface area contributed by atoms with E-state index >= 15 is 0 Å². The summed E-state index contributed by atoms with van der Waals surface area (Å²) in [5.74, 6) is 0. The molecule has 0 aliphatic heterocycles. The lowest BCUT2D eigenvalue weighted by atomic mass is 10.2. The van der Waals surface area contributed by atoms with Gasteiger partial charge in [-0.2, -0.15) is 5.06 Å². The first kappa shape index (κ1) is 12.5. The van der Waals surface area contributed by atoms with Crippen molar-refractivity contribution in [3.05, 3.63) is 42.8 Å². The zero-order chi connectivity index (χ0) is 12.0. The second kappa shape index (κ2) is 6.08. The van der Waals surface area contributed by atoms with Gasteiger partial charge in [0.1, 0.15) is 0 Å². The highest BCUT2D eigenvalue weighted by molar-refractivity contribution is 5.72. The smallest absolute Gasteiger partial charge is 0.238 e. The van der Waals surface area contributed by atoms with Gasteiger partial charge in [0, 0.05) is 0 Å². The van der Waals surface area contributed by atoms with E-state index in [0.29, 0.717) is 12.1 Å². The number of carbonyl (C=O) groups is 1. The van der Waals surface area contributed by atoms with Gasteiger partial charge in [-0.25, -0.2) is 0 Å². The Kier molecular flexibility index (Phi) is 4.73. The van der Waals surface area contributed by atoms with Gasteiger partial charge in [-0.15, -0.1) is 0 Å². The summed E-state index contributed by atoms with van der Waals surface area (Å²) in [5, 5.41) is 1.22. The molecule has 0 aliphatic carbocycles. The van der Waals surface area contributed by atoms with Crippen LogP contribution in [0.4, 0.5) is 5.69 Å². The first-order valence-corrected chi connectivity index (χ1v) is 5.14. The Bertz CT molecular complexity index is 355. The number of anilines is 1. The number of carbonyl (C=O) groups excluding carboxylic acids is 1. The SMILES string of the molecule is [CH2]/C=C/c1ccc(N(C=O)OC(C)C)cc1. The summed E-state index contributed by atoms with van der Waals surface area (Å²) in [6.45, 7) is 7.36. The molecule has 1 radical (unpaired) electrons. The molecule has 0 unspecified atom stereocenters. The molecule has 0 bridgehead atoms. The van der Waals surface area contributed by atoms with Crippen molar-refractivity contribution in [3.8, 4) is 0 Å². The number of hydrogen-bond acceptors (Lipinski definition) is 2. The number of amides is 1. The maximum atomic E-state index is 10.8. The lowest BCUT2D eigenvalue weighted by Crippen LogP contribution is -2.25. The van der Waals surface area contributed by atoms with E-state index in [1.165, 1.54) is 5.06 Å². The van der Waals surface area contributed by atoms with Crippen molar-refractivity contribution in [1.29, 1.82) is 0 Å². The van der Waals surface area contributed by atoms with Gasteiger partial charge in [-0.1, -0.05) is 24.3 Å². The van der Waals surface area contributed by atoms with Crippen molar-refractivity contribution in [2.75, 3.05) is 5.06 Å². The quantitative estimate of drug-likeness (QED) is 0.562. The summed E-state index contributed by atoms with van der Waals surface area (Å²) >= 11 is 0. The molecule has 16 heavy (non-hydrogen) atoms. The van der Waals surface area contributed by atoms with Crippen molar-refractivity contribution in [2.45, 2.75) is 20.0 Å². The van der Waals surface area contributed by atoms with Crippen LogP contribution in [0.15, 0.2) is 30.3 Å². The molecule has 85 valence electrons. The first-order valence-electron chi connectivity index (χ1n) is 5.14. The second-order valence-corrected chi connectivity index (χ2v) is 3.58. The van der Waals surface area contributed by atoms with Crippen LogP contribution in [0.2, 0.25) is 0 Å². The van der Waals surface area contributed by atoms with Crippen molar-refractivity contribution < 1.29 is 9.63 Å². The van der Waals surface area contributed by atoms with Gasteiger partial charge in [-0.3, -0.25) is 9.63 Å². The number of nitrogens with zero attached hydrogens (tertiary/aromatic N) is 1. The average molecular weight is 218 g/mol. The number of benzene rings is 1. The van der Waals surface area contributed by atoms with Gasteiger partial charge < -0.3 is 0 Å². The van der Waals surface area contributed by atoms with Crippen LogP contribution in [0.3, 0.4) is 0 Å². The molecule has 0 atom stereocenters. The Balaban J connectivity index is 2.81. The lowest BCUT2D eigenvalue weighted by Gasteiger charge is -2.19. The number of rotatable bonds is 5. The van der Waals surface area contributed by atoms with E-state index in [9.17, 15) is 4.79 Å². The molecule has 0 spiro atoms. The molecule has 0 saturated carbocycles. The Morgan fingerprint density at radius 3 is 2.38 bits per heavy atom. The van der Waals surface area contributed by atoms with E-state index in [-0.39, 0.29) is 6.10 Å². The van der Waals surface area contributed by atoms with E-state index in [1.807, 2.05) is 44.2 Å². The van der Waals surface area contributed by atoms with E-state index in [0.717, 1.165) is 5.56 Å². The average Bonchev–Trinajstić information content (AvgIpc) is 2.27. The van der Waals surface area contributed by atoms with Crippen LogP contribution in [0.25, 0.3) is 6.08 Å². The fourth-order valence-corrected chi connectivity index (χ4v) is 1.24. The van der Waals surface area contributed by atoms with Crippen molar-refractivity contribution >= 4 is 18.2 Å². The molecule has 0 saturated heterocycles. The minimum atomic E-state index is -0.0374. The zero-order valence-corrected chi connectivity index (χ0v) is 9.59. The first-order chi connectivity index (χ1) is 7.67. The van der Waals surface area contributed by atoms with Crippen LogP contribution in [-0.4, -0.2) is 12.5 Å². The van der Waals surface area contributed by atoms with Crippen molar-refractivity contribution in [1.82, 2.24) is 0 Å². The van der Waals surface area contributed by atoms with Gasteiger partial charge in [0.2, 0.25) is 6.41 Å². The van der Waals surface area contributed by atoms with Gasteiger partial charge in [-0.05, 0) is 38.5 Å². The fraction of sp³-hybridized carbons (Fsp3) is 0.231. The van der Waals surface area contributed by atoms with Crippen LogP contribution in [0.5, 0.6) is 0 Å². The number of hydrogen-bond donors (Lipinski definition) is 0. The molecule has 0 aromatic heterocycles. The molecule has 1 aromatic carbocycles. The minimum Gasteiger partial charge on any atom is -0.276 e. The standard InChI is InChI=1S/C13H16NO2/c1-4-5-12-6-8-13(9-7-12)14(10-15)16-11(2)3/h4-11H,1H2,2-3H3/b5-4+. The summed E-state index contributed by atoms with van der Waals surface area (Å²) in [6, 6.07) is 7.45. The maximum Gasteiger partial charge on any atom is 0.238 e. The topological polar surface area (TPSA) is 29.5 Å². The minimum absolute atomic E-state index is 0.0374. The van der Waals surface area contributed by atoms with Crippen LogP contribution in [0, 0.1) is 6.92 Å². The van der Waals surface area contributed by atoms with Crippen molar-refractivity contribution in [2.24, 2.45) is 0 Å². The van der Waals surface area contributed by atoms with E-state index in [4.69, 9.17) is 4.84 Å². The molecule has 1 aromatic rings. The number of allylic oxidation sites excluding steroid dienone is 1. The fourth-order valence-electron chi connectivity index (χ4n) is 1.24. The third-order valence-electron chi connectivity index (χ3n) is 1.88. The molecule has 0 fully saturated rings. The summed E-state index contributed by atoms with van der Waals surface area (Å²) in [5.41, 5.74) is 1.75. The summed E-state index contributed by atoms with van der Waals surface area (Å²) in [4.78, 5) is 16.1. The van der Waals surface area contributed by atoms with Gasteiger partial charge in [0.15, 0.2) is 0 Å². The molecule has 0 aliphatic rings. The number of hydroxylamine groups is 1. The van der Waals surface area contributed by atoms with E-state index in [1.54, 1.807) is 6.08 Å². The van der Waals surface area contributed by atoms with Crippen molar-refractivity contribution in [3.63, 3.8) is 0 Å². The highest BCUT2D eigenvalue weighted by Gasteiger charge is 2.07. The van der Waals surface area contributed by atoms with Gasteiger partial charge in [0.05, 0.1) is 11.8 Å². The third-order valence-corrected chi connectivity index (χ3v) is 1.88. The van der Waals surface area contributed by atoms with Crippen LogP contribution in [-0.2, 0) is 9.63 Å².